The lowest BCUT2D eigenvalue weighted by Gasteiger charge is -2.17. The van der Waals surface area contributed by atoms with Crippen LogP contribution in [0.3, 0.4) is 0 Å². The number of halogens is 4. The zero-order valence-electron chi connectivity index (χ0n) is 13.6. The van der Waals surface area contributed by atoms with Crippen molar-refractivity contribution in [1.29, 1.82) is 0 Å². The summed E-state index contributed by atoms with van der Waals surface area (Å²) in [5, 5.41) is 0. The summed E-state index contributed by atoms with van der Waals surface area (Å²) in [5.74, 6) is 0. The molecule has 142 valence electrons. The molecular weight excluding hydrogens is 497 g/mol. The summed E-state index contributed by atoms with van der Waals surface area (Å²) in [6.45, 7) is 0.823. The van der Waals surface area contributed by atoms with Crippen LogP contribution in [0.15, 0.2) is 51.4 Å². The molecular formula is C17H17Br2F2O4P. The molecule has 0 saturated heterocycles. The largest absolute Gasteiger partial charge is 0.390 e. The number of alkyl halides is 2. The van der Waals surface area contributed by atoms with Crippen LogP contribution in [0.1, 0.15) is 23.1 Å². The van der Waals surface area contributed by atoms with Crippen molar-refractivity contribution >= 4 is 40.1 Å². The average Bonchev–Trinajstić information content (AvgIpc) is 2.55. The number of hydrogen-bond acceptors (Lipinski definition) is 3. The lowest BCUT2D eigenvalue weighted by atomic mass is 10.1. The molecule has 9 heteroatoms. The Balaban J connectivity index is 1.82. The third-order valence-corrected chi connectivity index (χ3v) is 5.11. The van der Waals surface area contributed by atoms with Crippen molar-refractivity contribution in [1.82, 2.24) is 0 Å². The minimum Gasteiger partial charge on any atom is -0.377 e. The fourth-order valence-corrected chi connectivity index (χ4v) is 3.52. The van der Waals surface area contributed by atoms with Gasteiger partial charge in [0.1, 0.15) is 0 Å². The van der Waals surface area contributed by atoms with Crippen molar-refractivity contribution in [2.75, 3.05) is 6.61 Å². The lowest BCUT2D eigenvalue weighted by Crippen LogP contribution is -2.15. The van der Waals surface area contributed by atoms with E-state index in [1.54, 1.807) is 0 Å². The Kier molecular flexibility index (Phi) is 8.39. The number of ether oxygens (including phenoxy) is 1. The molecule has 0 aromatic heterocycles. The smallest absolute Gasteiger partial charge is 0.377 e. The highest BCUT2D eigenvalue weighted by Crippen LogP contribution is 2.40. The summed E-state index contributed by atoms with van der Waals surface area (Å²) in [5.41, 5.74) is 1.41. The van der Waals surface area contributed by atoms with Crippen LogP contribution in [-0.2, 0) is 33.0 Å². The third-order valence-electron chi connectivity index (χ3n) is 3.50. The van der Waals surface area contributed by atoms with E-state index in [2.05, 4.69) is 36.4 Å². The van der Waals surface area contributed by atoms with Crippen LogP contribution >= 0.6 is 40.1 Å². The molecule has 0 aliphatic heterocycles. The lowest BCUT2D eigenvalue weighted by molar-refractivity contribution is -0.186. The number of rotatable bonds is 9. The average molecular weight is 514 g/mol. The maximum absolute atomic E-state index is 13.7. The highest BCUT2D eigenvalue weighted by Gasteiger charge is 2.37. The first kappa shape index (κ1) is 21.7. The van der Waals surface area contributed by atoms with E-state index >= 15 is 0 Å². The predicted molar refractivity (Wildman–Crippen MR) is 102 cm³/mol. The van der Waals surface area contributed by atoms with Crippen LogP contribution in [0.5, 0.6) is 0 Å². The van der Waals surface area contributed by atoms with E-state index in [1.807, 2.05) is 24.3 Å². The molecule has 0 heterocycles. The van der Waals surface area contributed by atoms with Crippen LogP contribution in [0.4, 0.5) is 8.78 Å². The normalized spacial score (nSPS) is 13.0. The van der Waals surface area contributed by atoms with Gasteiger partial charge in [-0.15, -0.1) is 0 Å². The van der Waals surface area contributed by atoms with Gasteiger partial charge in [-0.25, -0.2) is 4.52 Å². The van der Waals surface area contributed by atoms with Gasteiger partial charge in [0.25, 0.3) is 0 Å². The van der Waals surface area contributed by atoms with Gasteiger partial charge in [0.05, 0.1) is 12.2 Å². The van der Waals surface area contributed by atoms with Gasteiger partial charge >= 0.3 is 14.4 Å². The highest BCUT2D eigenvalue weighted by atomic mass is 79.9. The zero-order chi connectivity index (χ0) is 19.2. The molecule has 0 fully saturated rings. The number of benzene rings is 2. The van der Waals surface area contributed by atoms with Crippen LogP contribution < -0.4 is 0 Å². The first-order valence-electron chi connectivity index (χ1n) is 7.69. The van der Waals surface area contributed by atoms with E-state index in [0.717, 1.165) is 23.4 Å². The van der Waals surface area contributed by atoms with Crippen molar-refractivity contribution in [3.05, 3.63) is 68.1 Å². The van der Waals surface area contributed by atoms with E-state index in [4.69, 9.17) is 9.63 Å². The minimum atomic E-state index is -3.84. The molecule has 4 nitrogen and oxygen atoms in total. The molecule has 2 aromatic carbocycles. The quantitative estimate of drug-likeness (QED) is 0.339. The first-order chi connectivity index (χ1) is 12.3. The second-order valence-electron chi connectivity index (χ2n) is 5.48. The Morgan fingerprint density at radius 1 is 1.08 bits per heavy atom. The predicted octanol–water partition coefficient (Wildman–Crippen LogP) is 5.81. The second kappa shape index (κ2) is 10.1. The highest BCUT2D eigenvalue weighted by molar-refractivity contribution is 9.10. The van der Waals surface area contributed by atoms with Crippen LogP contribution in [0.2, 0.25) is 0 Å². The minimum absolute atomic E-state index is 0.0849. The molecule has 0 bridgehead atoms. The van der Waals surface area contributed by atoms with E-state index in [1.165, 1.54) is 17.7 Å². The molecule has 1 N–H and O–H groups in total. The van der Waals surface area contributed by atoms with Gasteiger partial charge in [-0.05, 0) is 48.2 Å². The molecule has 0 spiro atoms. The summed E-state index contributed by atoms with van der Waals surface area (Å²) in [4.78, 5) is 8.56. The monoisotopic (exact) mass is 512 g/mol. The standard InChI is InChI=1S/C17H17Br2F2O4P/c18-14-6-3-12(4-7-14)2-1-9-24-11-13-5-8-15(16(19)10-13)17(20,21)25-26(22)23/h3-8,10,26H,1-2,9,11H2,(H,22,23). The molecule has 0 saturated carbocycles. The third kappa shape index (κ3) is 6.83. The van der Waals surface area contributed by atoms with Gasteiger partial charge in [0, 0.05) is 15.6 Å². The maximum Gasteiger partial charge on any atom is 0.390 e. The Morgan fingerprint density at radius 2 is 1.73 bits per heavy atom. The molecule has 0 amide bonds. The Hall–Kier alpha value is -0.630. The van der Waals surface area contributed by atoms with Crippen molar-refractivity contribution in [2.24, 2.45) is 0 Å². The van der Waals surface area contributed by atoms with Crippen LogP contribution in [-0.4, -0.2) is 11.5 Å². The summed E-state index contributed by atoms with van der Waals surface area (Å²) < 4.78 is 48.5. The molecule has 0 aliphatic rings. The van der Waals surface area contributed by atoms with E-state index in [0.29, 0.717) is 12.2 Å². The molecule has 1 unspecified atom stereocenters. The molecule has 1 atom stereocenters. The number of aryl methyl sites for hydroxylation is 1. The SMILES string of the molecule is O=[PH](O)OC(F)(F)c1ccc(COCCCc2ccc(Br)cc2)cc1Br. The van der Waals surface area contributed by atoms with E-state index in [-0.39, 0.29) is 11.1 Å². The molecule has 2 rings (SSSR count). The topological polar surface area (TPSA) is 55.8 Å². The molecule has 0 radical (unpaired) electrons. The zero-order valence-corrected chi connectivity index (χ0v) is 17.7. The Labute approximate surface area is 167 Å². The van der Waals surface area contributed by atoms with Crippen molar-refractivity contribution < 1.29 is 27.5 Å². The van der Waals surface area contributed by atoms with Gasteiger partial charge in [-0.2, -0.15) is 8.78 Å². The Bertz CT molecular complexity index is 757. The van der Waals surface area contributed by atoms with Crippen LogP contribution in [0, 0.1) is 0 Å². The fourth-order valence-electron chi connectivity index (χ4n) is 2.27. The first-order valence-corrected chi connectivity index (χ1v) is 10.5. The van der Waals surface area contributed by atoms with Crippen molar-refractivity contribution in [3.63, 3.8) is 0 Å². The van der Waals surface area contributed by atoms with Gasteiger partial charge in [-0.1, -0.05) is 50.1 Å². The molecule has 26 heavy (non-hydrogen) atoms. The van der Waals surface area contributed by atoms with Gasteiger partial charge < -0.3 is 9.63 Å². The molecule has 0 aliphatic carbocycles. The van der Waals surface area contributed by atoms with Gasteiger partial charge in [0.2, 0.25) is 0 Å². The Morgan fingerprint density at radius 3 is 2.35 bits per heavy atom. The van der Waals surface area contributed by atoms with Gasteiger partial charge in [-0.3, -0.25) is 4.57 Å². The summed E-state index contributed by atoms with van der Waals surface area (Å²) in [6, 6.07) is 12.2. The second-order valence-corrected chi connectivity index (χ2v) is 7.99. The van der Waals surface area contributed by atoms with Crippen LogP contribution in [0.25, 0.3) is 0 Å². The van der Waals surface area contributed by atoms with Crippen molar-refractivity contribution in [3.8, 4) is 0 Å². The summed E-state index contributed by atoms with van der Waals surface area (Å²) in [6.07, 6.45) is -2.11. The van der Waals surface area contributed by atoms with E-state index in [9.17, 15) is 13.3 Å². The maximum atomic E-state index is 13.7. The summed E-state index contributed by atoms with van der Waals surface area (Å²) in [7, 11) is -3.76. The molecule has 2 aromatic rings. The number of hydrogen-bond donors (Lipinski definition) is 1. The summed E-state index contributed by atoms with van der Waals surface area (Å²) >= 11 is 6.43. The van der Waals surface area contributed by atoms with Gasteiger partial charge in [0.15, 0.2) is 0 Å². The van der Waals surface area contributed by atoms with Crippen molar-refractivity contribution in [2.45, 2.75) is 25.6 Å². The fraction of sp³-hybridized carbons (Fsp3) is 0.294. The van der Waals surface area contributed by atoms with E-state index < -0.39 is 19.9 Å².